The van der Waals surface area contributed by atoms with Gasteiger partial charge in [-0.25, -0.2) is 4.39 Å². The summed E-state index contributed by atoms with van der Waals surface area (Å²) in [5.74, 6) is -2.31. The van der Waals surface area contributed by atoms with Crippen LogP contribution in [0.4, 0.5) is 4.39 Å². The number of carbonyl (C=O) groups excluding carboxylic acids is 1. The minimum atomic E-state index is -0.943. The lowest BCUT2D eigenvalue weighted by Crippen LogP contribution is -2.34. The molecule has 1 aromatic rings. The Labute approximate surface area is 118 Å². The van der Waals surface area contributed by atoms with Gasteiger partial charge in [-0.3, -0.25) is 9.59 Å². The summed E-state index contributed by atoms with van der Waals surface area (Å²) in [7, 11) is 0. The number of benzene rings is 1. The molecule has 1 aliphatic rings. The summed E-state index contributed by atoms with van der Waals surface area (Å²) in [6.45, 7) is 0.00173. The third-order valence-corrected chi connectivity index (χ3v) is 3.75. The van der Waals surface area contributed by atoms with Crippen LogP contribution in [0.1, 0.15) is 23.2 Å². The van der Waals surface area contributed by atoms with Crippen molar-refractivity contribution >= 4 is 35.1 Å². The van der Waals surface area contributed by atoms with Crippen molar-refractivity contribution in [2.45, 2.75) is 12.8 Å². The molecule has 0 heterocycles. The fraction of sp³-hybridized carbons (Fsp3) is 0.333. The Hall–Kier alpha value is -1.33. The zero-order valence-electron chi connectivity index (χ0n) is 9.67. The van der Waals surface area contributed by atoms with E-state index in [1.54, 1.807) is 0 Å². The summed E-state index contributed by atoms with van der Waals surface area (Å²) >= 11 is 11.3. The molecule has 2 rings (SSSR count). The molecule has 19 heavy (non-hydrogen) atoms. The number of halogens is 3. The highest BCUT2D eigenvalue weighted by atomic mass is 35.5. The SMILES string of the molecule is O=C(NCC1(C(=O)O)CC1)c1cc(F)c(Cl)cc1Cl. The van der Waals surface area contributed by atoms with E-state index in [1.165, 1.54) is 0 Å². The Morgan fingerprint density at radius 3 is 2.47 bits per heavy atom. The number of nitrogens with one attached hydrogen (secondary N) is 1. The van der Waals surface area contributed by atoms with Crippen LogP contribution in [0.3, 0.4) is 0 Å². The zero-order chi connectivity index (χ0) is 14.2. The predicted molar refractivity (Wildman–Crippen MR) is 68.1 cm³/mol. The highest BCUT2D eigenvalue weighted by molar-refractivity contribution is 6.36. The van der Waals surface area contributed by atoms with E-state index in [2.05, 4.69) is 5.32 Å². The minimum absolute atomic E-state index is 0.00173. The molecule has 1 saturated carbocycles. The van der Waals surface area contributed by atoms with Crippen LogP contribution in [0.25, 0.3) is 0 Å². The van der Waals surface area contributed by atoms with Gasteiger partial charge < -0.3 is 10.4 Å². The number of carbonyl (C=O) groups is 2. The third kappa shape index (κ3) is 2.82. The summed E-state index contributed by atoms with van der Waals surface area (Å²) in [5, 5.41) is 11.3. The number of hydrogen-bond acceptors (Lipinski definition) is 2. The van der Waals surface area contributed by atoms with Gasteiger partial charge in [-0.05, 0) is 25.0 Å². The first-order valence-corrected chi connectivity index (χ1v) is 6.27. The molecule has 1 amide bonds. The van der Waals surface area contributed by atoms with Gasteiger partial charge in [0.25, 0.3) is 5.91 Å². The zero-order valence-corrected chi connectivity index (χ0v) is 11.2. The molecule has 0 aromatic heterocycles. The van der Waals surface area contributed by atoms with E-state index in [0.717, 1.165) is 12.1 Å². The maximum atomic E-state index is 13.3. The maximum absolute atomic E-state index is 13.3. The predicted octanol–water partition coefficient (Wildman–Crippen LogP) is 2.73. The molecule has 0 aliphatic heterocycles. The van der Waals surface area contributed by atoms with Gasteiger partial charge in [0.15, 0.2) is 0 Å². The van der Waals surface area contributed by atoms with E-state index in [-0.39, 0.29) is 22.2 Å². The van der Waals surface area contributed by atoms with E-state index in [9.17, 15) is 14.0 Å². The molecule has 7 heteroatoms. The van der Waals surface area contributed by atoms with Crippen molar-refractivity contribution in [3.63, 3.8) is 0 Å². The maximum Gasteiger partial charge on any atom is 0.311 e. The molecule has 0 radical (unpaired) electrons. The highest BCUT2D eigenvalue weighted by Gasteiger charge is 2.50. The van der Waals surface area contributed by atoms with Gasteiger partial charge in [-0.2, -0.15) is 0 Å². The molecule has 0 spiro atoms. The Morgan fingerprint density at radius 2 is 1.95 bits per heavy atom. The van der Waals surface area contributed by atoms with Crippen molar-refractivity contribution in [1.82, 2.24) is 5.32 Å². The van der Waals surface area contributed by atoms with Crippen molar-refractivity contribution in [3.05, 3.63) is 33.6 Å². The van der Waals surface area contributed by atoms with Gasteiger partial charge in [0.2, 0.25) is 0 Å². The number of hydrogen-bond donors (Lipinski definition) is 2. The first kappa shape index (κ1) is 14.1. The molecule has 1 aliphatic carbocycles. The number of carboxylic acid groups (broad SMARTS) is 1. The second-order valence-corrected chi connectivity index (χ2v) is 5.33. The van der Waals surface area contributed by atoms with Gasteiger partial charge >= 0.3 is 5.97 Å². The van der Waals surface area contributed by atoms with Crippen molar-refractivity contribution < 1.29 is 19.1 Å². The molecule has 102 valence electrons. The molecule has 2 N–H and O–H groups in total. The van der Waals surface area contributed by atoms with Gasteiger partial charge in [0.1, 0.15) is 5.82 Å². The monoisotopic (exact) mass is 305 g/mol. The smallest absolute Gasteiger partial charge is 0.311 e. The summed E-state index contributed by atoms with van der Waals surface area (Å²) in [6, 6.07) is 2.07. The van der Waals surface area contributed by atoms with Gasteiger partial charge in [0.05, 0.1) is 21.0 Å². The largest absolute Gasteiger partial charge is 0.481 e. The lowest BCUT2D eigenvalue weighted by atomic mass is 10.1. The van der Waals surface area contributed by atoms with Crippen LogP contribution in [-0.2, 0) is 4.79 Å². The molecule has 0 bridgehead atoms. The Morgan fingerprint density at radius 1 is 1.32 bits per heavy atom. The standard InChI is InChI=1S/C12H10Cl2FNO3/c13-7-4-8(14)9(15)3-6(7)10(17)16-5-12(1-2-12)11(18)19/h3-4H,1-2,5H2,(H,16,17)(H,18,19). The Bertz CT molecular complexity index is 558. The van der Waals surface area contributed by atoms with Crippen LogP contribution in [0.15, 0.2) is 12.1 Å². The number of amides is 1. The summed E-state index contributed by atoms with van der Waals surface area (Å²) in [5.41, 5.74) is -0.947. The van der Waals surface area contributed by atoms with Crippen LogP contribution in [-0.4, -0.2) is 23.5 Å². The number of rotatable bonds is 4. The topological polar surface area (TPSA) is 66.4 Å². The molecular weight excluding hydrogens is 296 g/mol. The normalized spacial score (nSPS) is 15.9. The van der Waals surface area contributed by atoms with Gasteiger partial charge in [-0.1, -0.05) is 23.2 Å². The van der Waals surface area contributed by atoms with Crippen molar-refractivity contribution in [2.24, 2.45) is 5.41 Å². The van der Waals surface area contributed by atoms with Crippen molar-refractivity contribution in [2.75, 3.05) is 6.54 Å². The van der Waals surface area contributed by atoms with Crippen molar-refractivity contribution in [1.29, 1.82) is 0 Å². The lowest BCUT2D eigenvalue weighted by Gasteiger charge is -2.12. The van der Waals surface area contributed by atoms with Gasteiger partial charge in [0, 0.05) is 6.54 Å². The van der Waals surface area contributed by atoms with E-state index >= 15 is 0 Å². The molecule has 4 nitrogen and oxygen atoms in total. The lowest BCUT2D eigenvalue weighted by molar-refractivity contribution is -0.143. The average molecular weight is 306 g/mol. The summed E-state index contributed by atoms with van der Waals surface area (Å²) < 4.78 is 13.3. The van der Waals surface area contributed by atoms with E-state index in [1.807, 2.05) is 0 Å². The molecule has 0 unspecified atom stereocenters. The van der Waals surface area contributed by atoms with Gasteiger partial charge in [-0.15, -0.1) is 0 Å². The second-order valence-electron chi connectivity index (χ2n) is 4.51. The van der Waals surface area contributed by atoms with E-state index in [4.69, 9.17) is 28.3 Å². The Balaban J connectivity index is 2.09. The van der Waals surface area contributed by atoms with Crippen LogP contribution in [0, 0.1) is 11.2 Å². The third-order valence-electron chi connectivity index (χ3n) is 3.15. The molecule has 0 saturated heterocycles. The molecular formula is C12H10Cl2FNO3. The highest BCUT2D eigenvalue weighted by Crippen LogP contribution is 2.45. The second kappa shape index (κ2) is 4.98. The minimum Gasteiger partial charge on any atom is -0.481 e. The Kier molecular flexibility index (Phi) is 3.69. The van der Waals surface area contributed by atoms with Crippen LogP contribution < -0.4 is 5.32 Å². The number of carboxylic acids is 1. The molecule has 1 aromatic carbocycles. The molecule has 1 fully saturated rings. The van der Waals surface area contributed by atoms with Crippen molar-refractivity contribution in [3.8, 4) is 0 Å². The van der Waals surface area contributed by atoms with Crippen LogP contribution >= 0.6 is 23.2 Å². The number of aliphatic carboxylic acids is 1. The average Bonchev–Trinajstić information content (AvgIpc) is 3.12. The van der Waals surface area contributed by atoms with E-state index in [0.29, 0.717) is 12.8 Å². The summed E-state index contributed by atoms with van der Waals surface area (Å²) in [4.78, 5) is 22.8. The summed E-state index contributed by atoms with van der Waals surface area (Å²) in [6.07, 6.45) is 1.04. The fourth-order valence-electron chi connectivity index (χ4n) is 1.66. The van der Waals surface area contributed by atoms with Crippen LogP contribution in [0.5, 0.6) is 0 Å². The van der Waals surface area contributed by atoms with Crippen LogP contribution in [0.2, 0.25) is 10.0 Å². The molecule has 0 atom stereocenters. The quantitative estimate of drug-likeness (QED) is 0.841. The first-order chi connectivity index (χ1) is 8.85. The van der Waals surface area contributed by atoms with E-state index < -0.39 is 23.1 Å². The first-order valence-electron chi connectivity index (χ1n) is 5.52. The fourth-order valence-corrected chi connectivity index (χ4v) is 2.13.